The van der Waals surface area contributed by atoms with Crippen LogP contribution in [0.2, 0.25) is 10.0 Å². The standard InChI is InChI=1S/C17H19Cl2N/c1-11-5-4-6-15(12(11)2)17(20-3)9-13-7-8-14(18)10-16(13)19/h4-8,10,17,20H,9H2,1-3H3. The number of halogens is 2. The first kappa shape index (κ1) is 15.4. The van der Waals surface area contributed by atoms with Gasteiger partial charge in [-0.1, -0.05) is 47.5 Å². The zero-order chi connectivity index (χ0) is 14.7. The molecule has 1 unspecified atom stereocenters. The van der Waals surface area contributed by atoms with E-state index in [1.54, 1.807) is 6.07 Å². The average molecular weight is 308 g/mol. The van der Waals surface area contributed by atoms with Gasteiger partial charge in [0.05, 0.1) is 0 Å². The van der Waals surface area contributed by atoms with Gasteiger partial charge < -0.3 is 5.32 Å². The minimum Gasteiger partial charge on any atom is -0.313 e. The maximum Gasteiger partial charge on any atom is 0.0453 e. The van der Waals surface area contributed by atoms with E-state index < -0.39 is 0 Å². The van der Waals surface area contributed by atoms with Crippen LogP contribution in [0.5, 0.6) is 0 Å². The first-order chi connectivity index (χ1) is 9.52. The molecule has 0 spiro atoms. The fraction of sp³-hybridized carbons (Fsp3) is 0.294. The van der Waals surface area contributed by atoms with E-state index in [0.29, 0.717) is 5.02 Å². The highest BCUT2D eigenvalue weighted by Gasteiger charge is 2.15. The van der Waals surface area contributed by atoms with Crippen molar-refractivity contribution in [3.8, 4) is 0 Å². The highest BCUT2D eigenvalue weighted by atomic mass is 35.5. The summed E-state index contributed by atoms with van der Waals surface area (Å²) in [4.78, 5) is 0. The molecule has 0 aliphatic heterocycles. The third-order valence-electron chi connectivity index (χ3n) is 3.81. The van der Waals surface area contributed by atoms with Gasteiger partial charge in [0.1, 0.15) is 0 Å². The Labute approximate surface area is 130 Å². The summed E-state index contributed by atoms with van der Waals surface area (Å²) in [6.07, 6.45) is 0.844. The zero-order valence-corrected chi connectivity index (χ0v) is 13.5. The monoisotopic (exact) mass is 307 g/mol. The molecule has 0 aliphatic rings. The first-order valence-electron chi connectivity index (χ1n) is 6.70. The van der Waals surface area contributed by atoms with Crippen LogP contribution in [-0.2, 0) is 6.42 Å². The van der Waals surface area contributed by atoms with Gasteiger partial charge in [0.15, 0.2) is 0 Å². The minimum atomic E-state index is 0.244. The minimum absolute atomic E-state index is 0.244. The Balaban J connectivity index is 2.31. The van der Waals surface area contributed by atoms with Crippen molar-refractivity contribution in [1.82, 2.24) is 5.32 Å². The van der Waals surface area contributed by atoms with Gasteiger partial charge in [-0.15, -0.1) is 0 Å². The second kappa shape index (κ2) is 6.62. The predicted octanol–water partition coefficient (Wildman–Crippen LogP) is 5.11. The van der Waals surface area contributed by atoms with Crippen LogP contribution < -0.4 is 5.32 Å². The van der Waals surface area contributed by atoms with E-state index in [2.05, 4.69) is 37.4 Å². The highest BCUT2D eigenvalue weighted by Crippen LogP contribution is 2.28. The molecule has 0 saturated heterocycles. The van der Waals surface area contributed by atoms with Crippen molar-refractivity contribution < 1.29 is 0 Å². The highest BCUT2D eigenvalue weighted by molar-refractivity contribution is 6.35. The molecule has 1 nitrogen and oxygen atoms in total. The molecule has 2 rings (SSSR count). The van der Waals surface area contributed by atoms with Gasteiger partial charge in [-0.2, -0.15) is 0 Å². The molecule has 0 aliphatic carbocycles. The summed E-state index contributed by atoms with van der Waals surface area (Å²) >= 11 is 12.2. The molecule has 2 aromatic rings. The van der Waals surface area contributed by atoms with E-state index in [1.165, 1.54) is 16.7 Å². The molecule has 3 heteroatoms. The maximum absolute atomic E-state index is 6.28. The van der Waals surface area contributed by atoms with Gasteiger partial charge >= 0.3 is 0 Å². The number of nitrogens with one attached hydrogen (secondary N) is 1. The molecule has 0 saturated carbocycles. The van der Waals surface area contributed by atoms with Crippen molar-refractivity contribution in [2.75, 3.05) is 7.05 Å². The van der Waals surface area contributed by atoms with Gasteiger partial charge in [-0.3, -0.25) is 0 Å². The zero-order valence-electron chi connectivity index (χ0n) is 12.0. The third-order valence-corrected chi connectivity index (χ3v) is 4.40. The summed E-state index contributed by atoms with van der Waals surface area (Å²) in [5, 5.41) is 4.78. The summed E-state index contributed by atoms with van der Waals surface area (Å²) in [7, 11) is 1.98. The Morgan fingerprint density at radius 2 is 1.85 bits per heavy atom. The molecule has 1 atom stereocenters. The average Bonchev–Trinajstić information content (AvgIpc) is 2.42. The van der Waals surface area contributed by atoms with Crippen molar-refractivity contribution in [1.29, 1.82) is 0 Å². The number of likely N-dealkylation sites (N-methyl/N-ethyl adjacent to an activating group) is 1. The van der Waals surface area contributed by atoms with E-state index in [9.17, 15) is 0 Å². The Bertz CT molecular complexity index is 608. The fourth-order valence-electron chi connectivity index (χ4n) is 2.43. The molecule has 0 radical (unpaired) electrons. The predicted molar refractivity (Wildman–Crippen MR) is 87.9 cm³/mol. The Morgan fingerprint density at radius 3 is 2.50 bits per heavy atom. The second-order valence-corrected chi connectivity index (χ2v) is 5.91. The van der Waals surface area contributed by atoms with Crippen molar-refractivity contribution in [2.45, 2.75) is 26.3 Å². The molecular weight excluding hydrogens is 289 g/mol. The molecular formula is C17H19Cl2N. The first-order valence-corrected chi connectivity index (χ1v) is 7.46. The van der Waals surface area contributed by atoms with E-state index in [-0.39, 0.29) is 6.04 Å². The van der Waals surface area contributed by atoms with Gasteiger partial charge in [0.2, 0.25) is 0 Å². The smallest absolute Gasteiger partial charge is 0.0453 e. The second-order valence-electron chi connectivity index (χ2n) is 5.07. The Morgan fingerprint density at radius 1 is 1.10 bits per heavy atom. The van der Waals surface area contributed by atoms with Crippen LogP contribution in [0.15, 0.2) is 36.4 Å². The third kappa shape index (κ3) is 3.35. The largest absolute Gasteiger partial charge is 0.313 e. The number of hydrogen-bond donors (Lipinski definition) is 1. The molecule has 20 heavy (non-hydrogen) atoms. The Hall–Kier alpha value is -1.02. The molecule has 0 heterocycles. The van der Waals surface area contributed by atoms with E-state index in [0.717, 1.165) is 17.0 Å². The molecule has 106 valence electrons. The van der Waals surface area contributed by atoms with Crippen LogP contribution in [0, 0.1) is 13.8 Å². The van der Waals surface area contributed by atoms with Crippen LogP contribution >= 0.6 is 23.2 Å². The number of rotatable bonds is 4. The number of aryl methyl sites for hydroxylation is 1. The molecule has 0 aromatic heterocycles. The summed E-state index contributed by atoms with van der Waals surface area (Å²) < 4.78 is 0. The van der Waals surface area contributed by atoms with E-state index >= 15 is 0 Å². The van der Waals surface area contributed by atoms with Crippen LogP contribution in [0.25, 0.3) is 0 Å². The van der Waals surface area contributed by atoms with Gasteiger partial charge in [0, 0.05) is 16.1 Å². The number of benzene rings is 2. The lowest BCUT2D eigenvalue weighted by Crippen LogP contribution is -2.20. The van der Waals surface area contributed by atoms with Crippen LogP contribution in [0.1, 0.15) is 28.3 Å². The normalized spacial score (nSPS) is 12.4. The number of hydrogen-bond acceptors (Lipinski definition) is 1. The summed E-state index contributed by atoms with van der Waals surface area (Å²) in [5.41, 5.74) is 5.07. The molecule has 0 amide bonds. The van der Waals surface area contributed by atoms with Crippen LogP contribution in [0.3, 0.4) is 0 Å². The summed E-state index contributed by atoms with van der Waals surface area (Å²) in [6.45, 7) is 4.30. The van der Waals surface area contributed by atoms with Crippen molar-refractivity contribution in [3.05, 3.63) is 68.7 Å². The lowest BCUT2D eigenvalue weighted by atomic mass is 9.93. The van der Waals surface area contributed by atoms with Crippen LogP contribution in [-0.4, -0.2) is 7.05 Å². The van der Waals surface area contributed by atoms with Crippen LogP contribution in [0.4, 0.5) is 0 Å². The fourth-order valence-corrected chi connectivity index (χ4v) is 2.91. The quantitative estimate of drug-likeness (QED) is 0.827. The Kier molecular flexibility index (Phi) is 5.09. The summed E-state index contributed by atoms with van der Waals surface area (Å²) in [5.74, 6) is 0. The lowest BCUT2D eigenvalue weighted by Gasteiger charge is -2.20. The maximum atomic E-state index is 6.28. The SMILES string of the molecule is CNC(Cc1ccc(Cl)cc1Cl)c1cccc(C)c1C. The van der Waals surface area contributed by atoms with Crippen molar-refractivity contribution in [3.63, 3.8) is 0 Å². The lowest BCUT2D eigenvalue weighted by molar-refractivity contribution is 0.588. The van der Waals surface area contributed by atoms with Gasteiger partial charge in [0.25, 0.3) is 0 Å². The molecule has 0 fully saturated rings. The van der Waals surface area contributed by atoms with Crippen molar-refractivity contribution in [2.24, 2.45) is 0 Å². The topological polar surface area (TPSA) is 12.0 Å². The van der Waals surface area contributed by atoms with E-state index in [4.69, 9.17) is 23.2 Å². The molecule has 2 aromatic carbocycles. The van der Waals surface area contributed by atoms with Crippen molar-refractivity contribution >= 4 is 23.2 Å². The van der Waals surface area contributed by atoms with E-state index in [1.807, 2.05) is 19.2 Å². The van der Waals surface area contributed by atoms with Gasteiger partial charge in [-0.25, -0.2) is 0 Å². The molecule has 0 bridgehead atoms. The summed E-state index contributed by atoms with van der Waals surface area (Å²) in [6, 6.07) is 12.3. The van der Waals surface area contributed by atoms with Gasteiger partial charge in [-0.05, 0) is 61.7 Å². The molecule has 1 N–H and O–H groups in total.